The number of rotatable bonds is 5. The van der Waals surface area contributed by atoms with Crippen LogP contribution in [0.5, 0.6) is 5.75 Å². The second-order valence-electron chi connectivity index (χ2n) is 3.99. The molecule has 0 atom stereocenters. The number of carbonyl (C=O) groups excluding carboxylic acids is 1. The zero-order valence-corrected chi connectivity index (χ0v) is 10.7. The number of carbonyl (C=O) groups is 1. The lowest BCUT2D eigenvalue weighted by Gasteiger charge is -2.06. The van der Waals surface area contributed by atoms with E-state index in [1.54, 1.807) is 41.3 Å². The number of aryl methyl sites for hydroxylation is 1. The number of amides is 1. The van der Waals surface area contributed by atoms with E-state index >= 15 is 0 Å². The molecule has 0 bridgehead atoms. The quantitative estimate of drug-likeness (QED) is 0.798. The van der Waals surface area contributed by atoms with Crippen molar-refractivity contribution in [3.63, 3.8) is 0 Å². The molecule has 1 amide bonds. The number of nitrogens with zero attached hydrogens (tertiary/aromatic N) is 2. The third kappa shape index (κ3) is 3.74. The highest BCUT2D eigenvalue weighted by Gasteiger charge is 2.05. The van der Waals surface area contributed by atoms with Gasteiger partial charge in [0, 0.05) is 18.4 Å². The van der Waals surface area contributed by atoms with Gasteiger partial charge in [0.1, 0.15) is 5.75 Å². The van der Waals surface area contributed by atoms with Gasteiger partial charge in [-0.15, -0.1) is 0 Å². The van der Waals surface area contributed by atoms with Crippen LogP contribution in [0.3, 0.4) is 0 Å². The van der Waals surface area contributed by atoms with Crippen LogP contribution in [-0.2, 0) is 11.3 Å². The summed E-state index contributed by atoms with van der Waals surface area (Å²) in [6, 6.07) is 6.88. The average Bonchev–Trinajstić information content (AvgIpc) is 2.86. The predicted octanol–water partition coefficient (Wildman–Crippen LogP) is 1.50. The van der Waals surface area contributed by atoms with Crippen molar-refractivity contribution in [1.82, 2.24) is 9.78 Å². The standard InChI is InChI=1S/C13H16N4O2/c1-2-17-8-11(7-15-17)16-13(18)9-19-12-5-3-10(14)4-6-12/h3-8H,2,9,14H2,1H3,(H,16,18). The van der Waals surface area contributed by atoms with Crippen LogP contribution in [0.25, 0.3) is 0 Å². The molecule has 3 N–H and O–H groups in total. The minimum Gasteiger partial charge on any atom is -0.484 e. The number of anilines is 2. The maximum atomic E-state index is 11.7. The van der Waals surface area contributed by atoms with Gasteiger partial charge >= 0.3 is 0 Å². The van der Waals surface area contributed by atoms with Gasteiger partial charge in [0.05, 0.1) is 11.9 Å². The molecule has 0 saturated heterocycles. The van der Waals surface area contributed by atoms with Crippen LogP contribution < -0.4 is 15.8 Å². The third-order valence-electron chi connectivity index (χ3n) is 2.49. The van der Waals surface area contributed by atoms with Crippen LogP contribution in [0.15, 0.2) is 36.7 Å². The SMILES string of the molecule is CCn1cc(NC(=O)COc2ccc(N)cc2)cn1. The molecule has 1 aromatic carbocycles. The normalized spacial score (nSPS) is 10.2. The van der Waals surface area contributed by atoms with E-state index in [0.29, 0.717) is 17.1 Å². The van der Waals surface area contributed by atoms with Crippen molar-refractivity contribution >= 4 is 17.3 Å². The van der Waals surface area contributed by atoms with Crippen LogP contribution in [0.1, 0.15) is 6.92 Å². The van der Waals surface area contributed by atoms with Gasteiger partial charge in [-0.05, 0) is 31.2 Å². The number of aromatic nitrogens is 2. The van der Waals surface area contributed by atoms with Gasteiger partial charge in [-0.3, -0.25) is 9.48 Å². The van der Waals surface area contributed by atoms with Crippen molar-refractivity contribution in [2.45, 2.75) is 13.5 Å². The largest absolute Gasteiger partial charge is 0.484 e. The van der Waals surface area contributed by atoms with Crippen LogP contribution >= 0.6 is 0 Å². The Balaban J connectivity index is 1.82. The molecule has 1 heterocycles. The fraction of sp³-hybridized carbons (Fsp3) is 0.231. The molecule has 0 unspecified atom stereocenters. The maximum Gasteiger partial charge on any atom is 0.262 e. The first-order chi connectivity index (χ1) is 9.17. The summed E-state index contributed by atoms with van der Waals surface area (Å²) in [7, 11) is 0. The number of nitrogens with one attached hydrogen (secondary N) is 1. The summed E-state index contributed by atoms with van der Waals surface area (Å²) in [5.41, 5.74) is 6.87. The van der Waals surface area contributed by atoms with E-state index in [-0.39, 0.29) is 12.5 Å². The highest BCUT2D eigenvalue weighted by Crippen LogP contribution is 2.13. The lowest BCUT2D eigenvalue weighted by molar-refractivity contribution is -0.118. The Bertz CT molecular complexity index is 548. The number of hydrogen-bond donors (Lipinski definition) is 2. The first-order valence-corrected chi connectivity index (χ1v) is 5.98. The third-order valence-corrected chi connectivity index (χ3v) is 2.49. The zero-order chi connectivity index (χ0) is 13.7. The molecule has 1 aromatic heterocycles. The van der Waals surface area contributed by atoms with Crippen molar-refractivity contribution in [1.29, 1.82) is 0 Å². The number of nitrogen functional groups attached to an aromatic ring is 1. The summed E-state index contributed by atoms with van der Waals surface area (Å²) >= 11 is 0. The van der Waals surface area contributed by atoms with Gasteiger partial charge in [0.2, 0.25) is 0 Å². The number of ether oxygens (including phenoxy) is 1. The molecule has 2 aromatic rings. The molecule has 6 nitrogen and oxygen atoms in total. The zero-order valence-electron chi connectivity index (χ0n) is 10.7. The Kier molecular flexibility index (Phi) is 4.02. The van der Waals surface area contributed by atoms with Crippen molar-refractivity contribution < 1.29 is 9.53 Å². The minimum atomic E-state index is -0.229. The monoisotopic (exact) mass is 260 g/mol. The van der Waals surface area contributed by atoms with Gasteiger partial charge in [-0.25, -0.2) is 0 Å². The molecule has 19 heavy (non-hydrogen) atoms. The minimum absolute atomic E-state index is 0.0543. The Hall–Kier alpha value is -2.50. The molecule has 0 aliphatic heterocycles. The molecular formula is C13H16N4O2. The van der Waals surface area contributed by atoms with Gasteiger partial charge in [0.15, 0.2) is 6.61 Å². The highest BCUT2D eigenvalue weighted by atomic mass is 16.5. The second-order valence-corrected chi connectivity index (χ2v) is 3.99. The molecule has 0 aliphatic rings. The van der Waals surface area contributed by atoms with E-state index in [1.807, 2.05) is 6.92 Å². The molecule has 0 fully saturated rings. The Morgan fingerprint density at radius 3 is 2.79 bits per heavy atom. The summed E-state index contributed by atoms with van der Waals surface area (Å²) in [6.45, 7) is 2.68. The van der Waals surface area contributed by atoms with Gasteiger partial charge in [-0.1, -0.05) is 0 Å². The molecule has 0 aliphatic carbocycles. The topological polar surface area (TPSA) is 82.2 Å². The lowest BCUT2D eigenvalue weighted by Crippen LogP contribution is -2.19. The smallest absolute Gasteiger partial charge is 0.262 e. The van der Waals surface area contributed by atoms with Crippen molar-refractivity contribution in [3.05, 3.63) is 36.7 Å². The Morgan fingerprint density at radius 2 is 2.16 bits per heavy atom. The van der Waals surface area contributed by atoms with E-state index in [0.717, 1.165) is 6.54 Å². The van der Waals surface area contributed by atoms with Crippen molar-refractivity contribution in [2.75, 3.05) is 17.7 Å². The van der Waals surface area contributed by atoms with Crippen LogP contribution in [0, 0.1) is 0 Å². The Morgan fingerprint density at radius 1 is 1.42 bits per heavy atom. The molecule has 0 radical (unpaired) electrons. The lowest BCUT2D eigenvalue weighted by atomic mass is 10.3. The number of nitrogens with two attached hydrogens (primary N) is 1. The summed E-state index contributed by atoms with van der Waals surface area (Å²) < 4.78 is 7.07. The number of benzene rings is 1. The summed E-state index contributed by atoms with van der Waals surface area (Å²) in [6.07, 6.45) is 3.37. The van der Waals surface area contributed by atoms with E-state index in [2.05, 4.69) is 10.4 Å². The molecular weight excluding hydrogens is 244 g/mol. The van der Waals surface area contributed by atoms with Crippen LogP contribution in [-0.4, -0.2) is 22.3 Å². The summed E-state index contributed by atoms with van der Waals surface area (Å²) in [5.74, 6) is 0.376. The first-order valence-electron chi connectivity index (χ1n) is 5.98. The van der Waals surface area contributed by atoms with E-state index < -0.39 is 0 Å². The van der Waals surface area contributed by atoms with Crippen molar-refractivity contribution in [3.8, 4) is 5.75 Å². The van der Waals surface area contributed by atoms with Gasteiger partial charge in [-0.2, -0.15) is 5.10 Å². The van der Waals surface area contributed by atoms with Crippen LogP contribution in [0.2, 0.25) is 0 Å². The predicted molar refractivity (Wildman–Crippen MR) is 72.9 cm³/mol. The number of hydrogen-bond acceptors (Lipinski definition) is 4. The maximum absolute atomic E-state index is 11.7. The fourth-order valence-corrected chi connectivity index (χ4v) is 1.51. The second kappa shape index (κ2) is 5.90. The highest BCUT2D eigenvalue weighted by molar-refractivity contribution is 5.91. The summed E-state index contributed by atoms with van der Waals surface area (Å²) in [5, 5.41) is 6.77. The average molecular weight is 260 g/mol. The van der Waals surface area contributed by atoms with Gasteiger partial charge < -0.3 is 15.8 Å². The van der Waals surface area contributed by atoms with Gasteiger partial charge in [0.25, 0.3) is 5.91 Å². The summed E-state index contributed by atoms with van der Waals surface area (Å²) in [4.78, 5) is 11.7. The van der Waals surface area contributed by atoms with E-state index in [4.69, 9.17) is 10.5 Å². The van der Waals surface area contributed by atoms with Crippen LogP contribution in [0.4, 0.5) is 11.4 Å². The molecule has 0 spiro atoms. The molecule has 2 rings (SSSR count). The Labute approximate surface area is 111 Å². The molecule has 6 heteroatoms. The molecule has 0 saturated carbocycles. The van der Waals surface area contributed by atoms with E-state index in [9.17, 15) is 4.79 Å². The first kappa shape index (κ1) is 12.9. The van der Waals surface area contributed by atoms with Crippen molar-refractivity contribution in [2.24, 2.45) is 0 Å². The molecule has 100 valence electrons. The van der Waals surface area contributed by atoms with E-state index in [1.165, 1.54) is 0 Å². The fourth-order valence-electron chi connectivity index (χ4n) is 1.51.